The SMILES string of the molecule is C#Cc1cccc(OCC2CCCNC2)n1. The van der Waals surface area contributed by atoms with Gasteiger partial charge in [0, 0.05) is 18.5 Å². The minimum Gasteiger partial charge on any atom is -0.477 e. The first kappa shape index (κ1) is 11.0. The second kappa shape index (κ2) is 5.53. The molecule has 0 bridgehead atoms. The van der Waals surface area contributed by atoms with Gasteiger partial charge in [0.1, 0.15) is 5.69 Å². The molecule has 16 heavy (non-hydrogen) atoms. The number of nitrogens with one attached hydrogen (secondary N) is 1. The smallest absolute Gasteiger partial charge is 0.214 e. The van der Waals surface area contributed by atoms with Crippen molar-refractivity contribution >= 4 is 0 Å². The Hall–Kier alpha value is -1.53. The average Bonchev–Trinajstić information content (AvgIpc) is 2.38. The van der Waals surface area contributed by atoms with E-state index in [2.05, 4.69) is 16.2 Å². The average molecular weight is 216 g/mol. The normalized spacial score (nSPS) is 20.1. The third kappa shape index (κ3) is 2.98. The van der Waals surface area contributed by atoms with Crippen molar-refractivity contribution in [3.63, 3.8) is 0 Å². The Morgan fingerprint density at radius 3 is 3.25 bits per heavy atom. The first-order valence-corrected chi connectivity index (χ1v) is 5.65. The topological polar surface area (TPSA) is 34.1 Å². The molecule has 1 fully saturated rings. The molecule has 1 N–H and O–H groups in total. The predicted octanol–water partition coefficient (Wildman–Crippen LogP) is 1.44. The number of piperidine rings is 1. The Bertz CT molecular complexity index is 378. The van der Waals surface area contributed by atoms with Gasteiger partial charge in [0.2, 0.25) is 5.88 Å². The van der Waals surface area contributed by atoms with Crippen molar-refractivity contribution in [1.29, 1.82) is 0 Å². The van der Waals surface area contributed by atoms with Gasteiger partial charge in [0.15, 0.2) is 0 Å². The van der Waals surface area contributed by atoms with Gasteiger partial charge in [-0.3, -0.25) is 0 Å². The predicted molar refractivity (Wildman–Crippen MR) is 63.3 cm³/mol. The second-order valence-corrected chi connectivity index (χ2v) is 4.03. The van der Waals surface area contributed by atoms with Crippen LogP contribution in [0.3, 0.4) is 0 Å². The van der Waals surface area contributed by atoms with Crippen molar-refractivity contribution in [2.45, 2.75) is 12.8 Å². The Balaban J connectivity index is 1.86. The molecule has 0 spiro atoms. The third-order valence-electron chi connectivity index (χ3n) is 2.74. The highest BCUT2D eigenvalue weighted by atomic mass is 16.5. The van der Waals surface area contributed by atoms with Crippen LogP contribution < -0.4 is 10.1 Å². The van der Waals surface area contributed by atoms with Gasteiger partial charge < -0.3 is 10.1 Å². The zero-order chi connectivity index (χ0) is 11.2. The fourth-order valence-electron chi connectivity index (χ4n) is 1.85. The van der Waals surface area contributed by atoms with Crippen LogP contribution in [-0.4, -0.2) is 24.7 Å². The first-order chi connectivity index (χ1) is 7.88. The lowest BCUT2D eigenvalue weighted by atomic mass is 10.0. The monoisotopic (exact) mass is 216 g/mol. The lowest BCUT2D eigenvalue weighted by molar-refractivity contribution is 0.212. The number of hydrogen-bond acceptors (Lipinski definition) is 3. The molecule has 1 aromatic rings. The summed E-state index contributed by atoms with van der Waals surface area (Å²) in [5.74, 6) is 3.72. The molecule has 1 saturated heterocycles. The molecule has 1 unspecified atom stereocenters. The van der Waals surface area contributed by atoms with Crippen LogP contribution in [-0.2, 0) is 0 Å². The van der Waals surface area contributed by atoms with E-state index < -0.39 is 0 Å². The van der Waals surface area contributed by atoms with Gasteiger partial charge >= 0.3 is 0 Å². The zero-order valence-corrected chi connectivity index (χ0v) is 9.28. The summed E-state index contributed by atoms with van der Waals surface area (Å²) >= 11 is 0. The van der Waals surface area contributed by atoms with Crippen molar-refractivity contribution in [2.75, 3.05) is 19.7 Å². The standard InChI is InChI=1S/C13H16N2O/c1-2-12-6-3-7-13(15-12)16-10-11-5-4-8-14-9-11/h1,3,6-7,11,14H,4-5,8-10H2. The van der Waals surface area contributed by atoms with Crippen LogP contribution in [0.5, 0.6) is 5.88 Å². The molecule has 3 heteroatoms. The Morgan fingerprint density at radius 2 is 2.50 bits per heavy atom. The summed E-state index contributed by atoms with van der Waals surface area (Å²) in [4.78, 5) is 4.20. The molecule has 1 aromatic heterocycles. The van der Waals surface area contributed by atoms with Gasteiger partial charge in [-0.05, 0) is 25.5 Å². The molecule has 3 nitrogen and oxygen atoms in total. The Morgan fingerprint density at radius 1 is 1.56 bits per heavy atom. The van der Waals surface area contributed by atoms with Crippen molar-refractivity contribution in [1.82, 2.24) is 10.3 Å². The van der Waals surface area contributed by atoms with Crippen molar-refractivity contribution < 1.29 is 4.74 Å². The third-order valence-corrected chi connectivity index (χ3v) is 2.74. The van der Waals surface area contributed by atoms with Crippen molar-refractivity contribution in [2.24, 2.45) is 5.92 Å². The van der Waals surface area contributed by atoms with E-state index in [4.69, 9.17) is 11.2 Å². The zero-order valence-electron chi connectivity index (χ0n) is 9.28. The van der Waals surface area contributed by atoms with Crippen LogP contribution in [0.15, 0.2) is 18.2 Å². The molecule has 1 atom stereocenters. The Kier molecular flexibility index (Phi) is 3.79. The molecule has 1 aliphatic rings. The molecule has 2 heterocycles. The number of hydrogen-bond donors (Lipinski definition) is 1. The molecule has 2 rings (SSSR count). The van der Waals surface area contributed by atoms with Gasteiger partial charge in [-0.2, -0.15) is 0 Å². The van der Waals surface area contributed by atoms with E-state index in [1.54, 1.807) is 6.07 Å². The molecular weight excluding hydrogens is 200 g/mol. The number of terminal acetylenes is 1. The summed E-state index contributed by atoms with van der Waals surface area (Å²) in [6.07, 6.45) is 7.73. The minimum absolute atomic E-state index is 0.588. The van der Waals surface area contributed by atoms with Gasteiger partial charge in [-0.15, -0.1) is 6.42 Å². The van der Waals surface area contributed by atoms with Crippen LogP contribution in [0.2, 0.25) is 0 Å². The van der Waals surface area contributed by atoms with Crippen LogP contribution in [0.1, 0.15) is 18.5 Å². The largest absolute Gasteiger partial charge is 0.477 e. The van der Waals surface area contributed by atoms with E-state index >= 15 is 0 Å². The Labute approximate surface area is 96.2 Å². The fourth-order valence-corrected chi connectivity index (χ4v) is 1.85. The maximum absolute atomic E-state index is 5.64. The maximum Gasteiger partial charge on any atom is 0.214 e. The highest BCUT2D eigenvalue weighted by Crippen LogP contribution is 2.13. The van der Waals surface area contributed by atoms with E-state index in [9.17, 15) is 0 Å². The summed E-state index contributed by atoms with van der Waals surface area (Å²) in [6.45, 7) is 2.88. The summed E-state index contributed by atoms with van der Waals surface area (Å²) in [5.41, 5.74) is 0.624. The van der Waals surface area contributed by atoms with E-state index in [1.165, 1.54) is 12.8 Å². The highest BCUT2D eigenvalue weighted by molar-refractivity contribution is 5.27. The lowest BCUT2D eigenvalue weighted by Crippen LogP contribution is -2.33. The van der Waals surface area contributed by atoms with Crippen molar-refractivity contribution in [3.05, 3.63) is 23.9 Å². The van der Waals surface area contributed by atoms with E-state index in [0.717, 1.165) is 13.1 Å². The molecule has 84 valence electrons. The molecule has 0 radical (unpaired) electrons. The summed E-state index contributed by atoms with van der Waals surface area (Å²) in [6, 6.07) is 5.52. The number of aromatic nitrogens is 1. The minimum atomic E-state index is 0.588. The first-order valence-electron chi connectivity index (χ1n) is 5.65. The van der Waals surface area contributed by atoms with Gasteiger partial charge in [0.05, 0.1) is 6.61 Å². The molecular formula is C13H16N2O. The fraction of sp³-hybridized carbons (Fsp3) is 0.462. The van der Waals surface area contributed by atoms with Crippen LogP contribution >= 0.6 is 0 Å². The summed E-state index contributed by atoms with van der Waals surface area (Å²) < 4.78 is 5.64. The van der Waals surface area contributed by atoms with E-state index in [-0.39, 0.29) is 0 Å². The van der Waals surface area contributed by atoms with Crippen LogP contribution in [0, 0.1) is 18.3 Å². The van der Waals surface area contributed by atoms with Crippen molar-refractivity contribution in [3.8, 4) is 18.2 Å². The van der Waals surface area contributed by atoms with Gasteiger partial charge in [-0.25, -0.2) is 4.98 Å². The van der Waals surface area contributed by atoms with Crippen LogP contribution in [0.25, 0.3) is 0 Å². The molecule has 0 saturated carbocycles. The van der Waals surface area contributed by atoms with Gasteiger partial charge in [-0.1, -0.05) is 12.0 Å². The number of nitrogens with zero attached hydrogens (tertiary/aromatic N) is 1. The lowest BCUT2D eigenvalue weighted by Gasteiger charge is -2.22. The molecule has 0 amide bonds. The second-order valence-electron chi connectivity index (χ2n) is 4.03. The number of pyridine rings is 1. The summed E-state index contributed by atoms with van der Waals surface area (Å²) in [5, 5.41) is 3.36. The van der Waals surface area contributed by atoms with Gasteiger partial charge in [0.25, 0.3) is 0 Å². The van der Waals surface area contributed by atoms with E-state index in [1.807, 2.05) is 12.1 Å². The molecule has 1 aliphatic heterocycles. The highest BCUT2D eigenvalue weighted by Gasteiger charge is 2.13. The maximum atomic E-state index is 5.64. The number of rotatable bonds is 3. The quantitative estimate of drug-likeness (QED) is 0.776. The molecule has 0 aliphatic carbocycles. The number of ether oxygens (including phenoxy) is 1. The molecule has 0 aromatic carbocycles. The van der Waals surface area contributed by atoms with E-state index in [0.29, 0.717) is 24.1 Å². The summed E-state index contributed by atoms with van der Waals surface area (Å²) in [7, 11) is 0. The van der Waals surface area contributed by atoms with Crippen LogP contribution in [0.4, 0.5) is 0 Å².